The number of piperidine rings is 1. The molecule has 204 valence electrons. The molecule has 0 spiro atoms. The first kappa shape index (κ1) is 26.3. The van der Waals surface area contributed by atoms with Gasteiger partial charge in [0.25, 0.3) is 0 Å². The zero-order chi connectivity index (χ0) is 28.3. The van der Waals surface area contributed by atoms with E-state index in [1.165, 1.54) is 6.92 Å². The number of hydrogen-bond donors (Lipinski definition) is 1. The maximum absolute atomic E-state index is 13.8. The van der Waals surface area contributed by atoms with Crippen LogP contribution in [0.1, 0.15) is 54.1 Å². The van der Waals surface area contributed by atoms with E-state index in [-0.39, 0.29) is 35.5 Å². The van der Waals surface area contributed by atoms with Crippen LogP contribution in [0.15, 0.2) is 53.5 Å². The molecule has 3 atom stereocenters. The van der Waals surface area contributed by atoms with Crippen LogP contribution in [0.3, 0.4) is 0 Å². The summed E-state index contributed by atoms with van der Waals surface area (Å²) in [5.41, 5.74) is 4.47. The predicted molar refractivity (Wildman–Crippen MR) is 154 cm³/mol. The summed E-state index contributed by atoms with van der Waals surface area (Å²) in [5, 5.41) is 2.94. The van der Waals surface area contributed by atoms with E-state index in [4.69, 9.17) is 0 Å². The largest absolute Gasteiger partial charge is 0.327 e. The number of aryl methyl sites for hydroxylation is 2. The Kier molecular flexibility index (Phi) is 6.33. The number of halogens is 1. The minimum absolute atomic E-state index is 0.0268. The zero-order valence-corrected chi connectivity index (χ0v) is 24.3. The Morgan fingerprint density at radius 3 is 2.55 bits per heavy atom. The van der Waals surface area contributed by atoms with Gasteiger partial charge in [0.05, 0.1) is 11.9 Å². The fraction of sp³-hybridized carbons (Fsp3) is 0.333. The van der Waals surface area contributed by atoms with Crippen molar-refractivity contribution in [3.8, 4) is 11.1 Å². The van der Waals surface area contributed by atoms with E-state index in [0.717, 1.165) is 28.6 Å². The van der Waals surface area contributed by atoms with E-state index in [1.807, 2.05) is 48.7 Å². The molecule has 5 heterocycles. The molecule has 2 fully saturated rings. The molecule has 6 rings (SSSR count). The number of nitrogens with zero attached hydrogens (tertiary/aromatic N) is 5. The molecule has 1 saturated carbocycles. The van der Waals surface area contributed by atoms with Crippen LogP contribution in [0.4, 0.5) is 5.82 Å². The number of pyridine rings is 2. The number of carbonyl (C=O) groups is 3. The van der Waals surface area contributed by atoms with E-state index in [1.54, 1.807) is 23.4 Å². The van der Waals surface area contributed by atoms with Crippen LogP contribution in [0.5, 0.6) is 0 Å². The third kappa shape index (κ3) is 4.60. The predicted octanol–water partition coefficient (Wildman–Crippen LogP) is 4.93. The number of hydrogen-bond acceptors (Lipinski definition) is 6. The van der Waals surface area contributed by atoms with Crippen molar-refractivity contribution >= 4 is 44.9 Å². The highest BCUT2D eigenvalue weighted by Crippen LogP contribution is 2.59. The van der Waals surface area contributed by atoms with Crippen molar-refractivity contribution in [2.45, 2.75) is 59.0 Å². The van der Waals surface area contributed by atoms with Crippen molar-refractivity contribution in [2.24, 2.45) is 5.41 Å². The summed E-state index contributed by atoms with van der Waals surface area (Å²) in [5.74, 6) is 0.719. The number of anilines is 1. The van der Waals surface area contributed by atoms with Crippen LogP contribution >= 0.6 is 15.9 Å². The number of likely N-dealkylation sites (tertiary alicyclic amines) is 1. The standard InChI is InChI=1S/C30H29BrN6O3/c1-16-5-6-26(31)34-28(16)35-29(40)24-12-30(4)13-25(30)37(24)27(39)11-21-10-22(17(2)38)23-9-19(7-8-36(21)23)20-14-32-18(3)33-15-20/h5-10,14-15,24-25H,11-13H2,1-4H3,(H,34,35,40)/t24-,25+,30-/m0/s1. The lowest BCUT2D eigenvalue weighted by molar-refractivity contribution is -0.137. The van der Waals surface area contributed by atoms with Gasteiger partial charge in [-0.25, -0.2) is 15.0 Å². The van der Waals surface area contributed by atoms with Crippen molar-refractivity contribution in [2.75, 3.05) is 5.32 Å². The van der Waals surface area contributed by atoms with Gasteiger partial charge in [-0.3, -0.25) is 14.4 Å². The molecule has 1 aliphatic heterocycles. The first-order chi connectivity index (χ1) is 19.0. The number of ketones is 1. The molecular formula is C30H29BrN6O3. The summed E-state index contributed by atoms with van der Waals surface area (Å²) < 4.78 is 2.51. The summed E-state index contributed by atoms with van der Waals surface area (Å²) in [6.45, 7) is 7.36. The maximum Gasteiger partial charge on any atom is 0.248 e. The third-order valence-corrected chi connectivity index (χ3v) is 8.65. The lowest BCUT2D eigenvalue weighted by atomic mass is 10.0. The maximum atomic E-state index is 13.8. The van der Waals surface area contributed by atoms with E-state index >= 15 is 0 Å². The highest BCUT2D eigenvalue weighted by atomic mass is 79.9. The number of nitrogens with one attached hydrogen (secondary N) is 1. The highest BCUT2D eigenvalue weighted by Gasteiger charge is 2.64. The Balaban J connectivity index is 1.29. The highest BCUT2D eigenvalue weighted by molar-refractivity contribution is 9.10. The first-order valence-electron chi connectivity index (χ1n) is 13.2. The lowest BCUT2D eigenvalue weighted by Gasteiger charge is -2.27. The fourth-order valence-electron chi connectivity index (χ4n) is 5.85. The van der Waals surface area contributed by atoms with E-state index in [9.17, 15) is 14.4 Å². The van der Waals surface area contributed by atoms with Crippen LogP contribution in [-0.4, -0.2) is 53.9 Å². The van der Waals surface area contributed by atoms with Crippen LogP contribution in [-0.2, 0) is 16.0 Å². The van der Waals surface area contributed by atoms with Crippen LogP contribution < -0.4 is 5.32 Å². The molecule has 10 heteroatoms. The molecule has 0 bridgehead atoms. The van der Waals surface area contributed by atoms with Gasteiger partial charge < -0.3 is 14.6 Å². The number of Topliss-reactive ketones (excluding diaryl/α,β-unsaturated/α-hetero) is 1. The Bertz CT molecular complexity index is 1700. The molecule has 0 aromatic carbocycles. The number of aromatic nitrogens is 4. The average molecular weight is 602 g/mol. The van der Waals surface area contributed by atoms with Gasteiger partial charge in [0, 0.05) is 41.5 Å². The van der Waals surface area contributed by atoms with Gasteiger partial charge in [-0.15, -0.1) is 0 Å². The first-order valence-corrected chi connectivity index (χ1v) is 14.0. The third-order valence-electron chi connectivity index (χ3n) is 8.21. The van der Waals surface area contributed by atoms with Gasteiger partial charge in [0.2, 0.25) is 11.8 Å². The Hall–Kier alpha value is -3.92. The Morgan fingerprint density at radius 2 is 1.82 bits per heavy atom. The number of carbonyl (C=O) groups excluding carboxylic acids is 3. The van der Waals surface area contributed by atoms with Crippen molar-refractivity contribution in [1.82, 2.24) is 24.3 Å². The second-order valence-electron chi connectivity index (χ2n) is 11.2. The van der Waals surface area contributed by atoms with Crippen LogP contribution in [0, 0.1) is 19.3 Å². The molecule has 9 nitrogen and oxygen atoms in total. The minimum Gasteiger partial charge on any atom is -0.327 e. The van der Waals surface area contributed by atoms with E-state index < -0.39 is 6.04 Å². The summed E-state index contributed by atoms with van der Waals surface area (Å²) >= 11 is 3.36. The number of rotatable bonds is 6. The molecule has 4 aromatic heterocycles. The molecule has 0 radical (unpaired) electrons. The molecule has 1 aliphatic carbocycles. The molecule has 40 heavy (non-hydrogen) atoms. The SMILES string of the molecule is CC(=O)c1cc(CC(=O)N2[C@H](C(=O)Nc3nc(Br)ccc3C)C[C@@]3(C)C[C@@H]23)n2ccc(-c3cnc(C)nc3)cc12. The lowest BCUT2D eigenvalue weighted by Crippen LogP contribution is -2.46. The van der Waals surface area contributed by atoms with Crippen molar-refractivity contribution in [3.05, 3.63) is 76.2 Å². The van der Waals surface area contributed by atoms with Crippen LogP contribution in [0.2, 0.25) is 0 Å². The summed E-state index contributed by atoms with van der Waals surface area (Å²) in [4.78, 5) is 54.6. The molecule has 1 N–H and O–H groups in total. The smallest absolute Gasteiger partial charge is 0.248 e. The molecular weight excluding hydrogens is 572 g/mol. The average Bonchev–Trinajstić information content (AvgIpc) is 3.28. The van der Waals surface area contributed by atoms with Crippen molar-refractivity contribution in [1.29, 1.82) is 0 Å². The molecule has 0 unspecified atom stereocenters. The Morgan fingerprint density at radius 1 is 1.07 bits per heavy atom. The number of amides is 2. The van der Waals surface area contributed by atoms with Gasteiger partial charge in [0.15, 0.2) is 5.78 Å². The van der Waals surface area contributed by atoms with E-state index in [0.29, 0.717) is 33.9 Å². The molecule has 4 aromatic rings. The topological polar surface area (TPSA) is 110 Å². The molecule has 2 amide bonds. The Labute approximate surface area is 240 Å². The van der Waals surface area contributed by atoms with Crippen molar-refractivity contribution in [3.63, 3.8) is 0 Å². The van der Waals surface area contributed by atoms with Gasteiger partial charge in [-0.05, 0) is 90.4 Å². The fourth-order valence-corrected chi connectivity index (χ4v) is 6.15. The minimum atomic E-state index is -0.580. The quantitative estimate of drug-likeness (QED) is 0.248. The van der Waals surface area contributed by atoms with Gasteiger partial charge in [0.1, 0.15) is 22.3 Å². The van der Waals surface area contributed by atoms with Gasteiger partial charge in [-0.1, -0.05) is 13.0 Å². The second-order valence-corrected chi connectivity index (χ2v) is 12.0. The van der Waals surface area contributed by atoms with Crippen LogP contribution in [0.25, 0.3) is 16.6 Å². The van der Waals surface area contributed by atoms with Gasteiger partial charge >= 0.3 is 0 Å². The normalized spacial score (nSPS) is 21.4. The molecule has 2 aliphatic rings. The summed E-state index contributed by atoms with van der Waals surface area (Å²) in [6, 6.07) is 8.79. The second kappa shape index (κ2) is 9.62. The van der Waals surface area contributed by atoms with Crippen molar-refractivity contribution < 1.29 is 14.4 Å². The van der Waals surface area contributed by atoms with E-state index in [2.05, 4.69) is 43.1 Å². The monoisotopic (exact) mass is 600 g/mol. The number of fused-ring (bicyclic) bond motifs is 2. The zero-order valence-electron chi connectivity index (χ0n) is 22.7. The summed E-state index contributed by atoms with van der Waals surface area (Å²) in [7, 11) is 0. The summed E-state index contributed by atoms with van der Waals surface area (Å²) in [6.07, 6.45) is 6.95. The van der Waals surface area contributed by atoms with Gasteiger partial charge in [-0.2, -0.15) is 0 Å². The molecule has 1 saturated heterocycles.